The number of nitrogens with one attached hydrogen (secondary N) is 2. The van der Waals surface area contributed by atoms with Crippen LogP contribution in [0.3, 0.4) is 0 Å². The standard InChI is InChI=1S/C14H19BrN4O2/c1-3-10-8-11(15)4-5-12(10)17-14-19-18-13(21-14)9-16-6-7-20-2/h4-5,8,16H,3,6-7,9H2,1-2H3,(H,17,19). The van der Waals surface area contributed by atoms with E-state index >= 15 is 0 Å². The zero-order valence-corrected chi connectivity index (χ0v) is 13.7. The van der Waals surface area contributed by atoms with Gasteiger partial charge in [-0.05, 0) is 30.2 Å². The Hall–Kier alpha value is -1.44. The van der Waals surface area contributed by atoms with Gasteiger partial charge in [-0.2, -0.15) is 0 Å². The van der Waals surface area contributed by atoms with Crippen LogP contribution < -0.4 is 10.6 Å². The fraction of sp³-hybridized carbons (Fsp3) is 0.429. The summed E-state index contributed by atoms with van der Waals surface area (Å²) in [5.74, 6) is 0.545. The molecule has 0 saturated heterocycles. The molecule has 0 bridgehead atoms. The van der Waals surface area contributed by atoms with Gasteiger partial charge in [0.1, 0.15) is 0 Å². The average Bonchev–Trinajstić information content (AvgIpc) is 2.93. The molecule has 0 radical (unpaired) electrons. The van der Waals surface area contributed by atoms with Crippen molar-refractivity contribution < 1.29 is 9.15 Å². The molecule has 0 fully saturated rings. The highest BCUT2D eigenvalue weighted by Gasteiger charge is 2.08. The summed E-state index contributed by atoms with van der Waals surface area (Å²) in [6.45, 7) is 4.03. The molecule has 21 heavy (non-hydrogen) atoms. The van der Waals surface area contributed by atoms with Crippen molar-refractivity contribution in [1.29, 1.82) is 0 Å². The lowest BCUT2D eigenvalue weighted by Gasteiger charge is -2.07. The molecule has 0 unspecified atom stereocenters. The second-order valence-electron chi connectivity index (χ2n) is 4.45. The number of hydrogen-bond acceptors (Lipinski definition) is 6. The topological polar surface area (TPSA) is 72.2 Å². The minimum absolute atomic E-state index is 0.399. The van der Waals surface area contributed by atoms with Gasteiger partial charge in [0.25, 0.3) is 0 Å². The van der Waals surface area contributed by atoms with Crippen molar-refractivity contribution >= 4 is 27.6 Å². The molecule has 0 amide bonds. The van der Waals surface area contributed by atoms with Crippen LogP contribution in [0.25, 0.3) is 0 Å². The molecule has 2 rings (SSSR count). The SMILES string of the molecule is CCc1cc(Br)ccc1Nc1nnc(CNCCOC)o1. The van der Waals surface area contributed by atoms with E-state index in [-0.39, 0.29) is 0 Å². The van der Waals surface area contributed by atoms with Gasteiger partial charge < -0.3 is 19.8 Å². The summed E-state index contributed by atoms with van der Waals surface area (Å²) < 4.78 is 11.6. The van der Waals surface area contributed by atoms with Gasteiger partial charge >= 0.3 is 6.01 Å². The highest BCUT2D eigenvalue weighted by Crippen LogP contribution is 2.24. The number of aryl methyl sites for hydroxylation is 1. The first kappa shape index (κ1) is 15.9. The summed E-state index contributed by atoms with van der Waals surface area (Å²) in [7, 11) is 1.67. The van der Waals surface area contributed by atoms with E-state index in [1.54, 1.807) is 7.11 Å². The quantitative estimate of drug-likeness (QED) is 0.710. The molecule has 6 nitrogen and oxygen atoms in total. The second-order valence-corrected chi connectivity index (χ2v) is 5.37. The maximum Gasteiger partial charge on any atom is 0.320 e. The van der Waals surface area contributed by atoms with Crippen LogP contribution in [0.5, 0.6) is 0 Å². The van der Waals surface area contributed by atoms with Gasteiger partial charge in [0.05, 0.1) is 13.2 Å². The highest BCUT2D eigenvalue weighted by molar-refractivity contribution is 9.10. The Labute approximate surface area is 132 Å². The monoisotopic (exact) mass is 354 g/mol. The van der Waals surface area contributed by atoms with Crippen molar-refractivity contribution in [3.8, 4) is 0 Å². The maximum absolute atomic E-state index is 5.55. The lowest BCUT2D eigenvalue weighted by atomic mass is 10.1. The Kier molecular flexibility index (Phi) is 6.16. The van der Waals surface area contributed by atoms with Crippen LogP contribution in [-0.2, 0) is 17.7 Å². The van der Waals surface area contributed by atoms with Crippen LogP contribution in [-0.4, -0.2) is 30.5 Å². The first-order valence-electron chi connectivity index (χ1n) is 6.80. The zero-order valence-electron chi connectivity index (χ0n) is 12.1. The smallest absolute Gasteiger partial charge is 0.320 e. The van der Waals surface area contributed by atoms with Crippen molar-refractivity contribution in [2.24, 2.45) is 0 Å². The molecule has 0 atom stereocenters. The van der Waals surface area contributed by atoms with Gasteiger partial charge in [0.2, 0.25) is 5.89 Å². The van der Waals surface area contributed by atoms with E-state index in [2.05, 4.69) is 49.8 Å². The maximum atomic E-state index is 5.55. The number of benzene rings is 1. The predicted octanol–water partition coefficient (Wildman–Crippen LogP) is 2.87. The molecule has 1 aromatic heterocycles. The van der Waals surface area contributed by atoms with Gasteiger partial charge in [-0.1, -0.05) is 28.0 Å². The molecular weight excluding hydrogens is 336 g/mol. The Bertz CT molecular complexity index is 574. The number of halogens is 1. The third-order valence-corrected chi connectivity index (χ3v) is 3.41. The number of hydrogen-bond donors (Lipinski definition) is 2. The molecule has 1 aromatic carbocycles. The first-order chi connectivity index (χ1) is 10.2. The molecule has 0 aliphatic carbocycles. The Balaban J connectivity index is 1.96. The fourth-order valence-electron chi connectivity index (χ4n) is 1.84. The second kappa shape index (κ2) is 8.11. The lowest BCUT2D eigenvalue weighted by Crippen LogP contribution is -2.18. The molecular formula is C14H19BrN4O2. The number of methoxy groups -OCH3 is 1. The summed E-state index contributed by atoms with van der Waals surface area (Å²) >= 11 is 3.47. The van der Waals surface area contributed by atoms with E-state index in [0.717, 1.165) is 23.1 Å². The van der Waals surface area contributed by atoms with Crippen LogP contribution in [0.1, 0.15) is 18.4 Å². The normalized spacial score (nSPS) is 10.8. The van der Waals surface area contributed by atoms with Crippen molar-refractivity contribution in [2.75, 3.05) is 25.6 Å². The number of anilines is 2. The third kappa shape index (κ3) is 4.80. The molecule has 0 aliphatic heterocycles. The van der Waals surface area contributed by atoms with E-state index in [0.29, 0.717) is 25.1 Å². The molecule has 0 aliphatic rings. The molecule has 2 N–H and O–H groups in total. The predicted molar refractivity (Wildman–Crippen MR) is 84.7 cm³/mol. The number of ether oxygens (including phenoxy) is 1. The van der Waals surface area contributed by atoms with Crippen molar-refractivity contribution in [1.82, 2.24) is 15.5 Å². The summed E-state index contributed by atoms with van der Waals surface area (Å²) in [5.41, 5.74) is 2.16. The number of nitrogens with zero attached hydrogens (tertiary/aromatic N) is 2. The van der Waals surface area contributed by atoms with Crippen LogP contribution >= 0.6 is 15.9 Å². The van der Waals surface area contributed by atoms with Gasteiger partial charge in [-0.25, -0.2) is 0 Å². The Morgan fingerprint density at radius 1 is 1.33 bits per heavy atom. The van der Waals surface area contributed by atoms with Crippen molar-refractivity contribution in [2.45, 2.75) is 19.9 Å². The van der Waals surface area contributed by atoms with Crippen LogP contribution in [0.2, 0.25) is 0 Å². The van der Waals surface area contributed by atoms with Crippen molar-refractivity contribution in [3.63, 3.8) is 0 Å². The molecule has 7 heteroatoms. The number of aromatic nitrogens is 2. The zero-order chi connectivity index (χ0) is 15.1. The summed E-state index contributed by atoms with van der Waals surface area (Å²) in [6, 6.07) is 6.44. The van der Waals surface area contributed by atoms with Crippen LogP contribution in [0.15, 0.2) is 27.1 Å². The Morgan fingerprint density at radius 3 is 2.95 bits per heavy atom. The van der Waals surface area contributed by atoms with Gasteiger partial charge in [-0.3, -0.25) is 0 Å². The van der Waals surface area contributed by atoms with Crippen molar-refractivity contribution in [3.05, 3.63) is 34.1 Å². The van der Waals surface area contributed by atoms with Crippen LogP contribution in [0.4, 0.5) is 11.7 Å². The largest absolute Gasteiger partial charge is 0.406 e. The van der Waals surface area contributed by atoms with Crippen LogP contribution in [0, 0.1) is 0 Å². The molecule has 1 heterocycles. The molecule has 114 valence electrons. The van der Waals surface area contributed by atoms with E-state index in [4.69, 9.17) is 9.15 Å². The summed E-state index contributed by atoms with van der Waals surface area (Å²) in [5, 5.41) is 14.3. The highest BCUT2D eigenvalue weighted by atomic mass is 79.9. The van der Waals surface area contributed by atoms with E-state index in [9.17, 15) is 0 Å². The van der Waals surface area contributed by atoms with Gasteiger partial charge in [0, 0.05) is 23.8 Å². The molecule has 0 saturated carbocycles. The summed E-state index contributed by atoms with van der Waals surface area (Å²) in [4.78, 5) is 0. The minimum Gasteiger partial charge on any atom is -0.406 e. The first-order valence-corrected chi connectivity index (χ1v) is 7.59. The molecule has 0 spiro atoms. The molecule has 2 aromatic rings. The van der Waals surface area contributed by atoms with E-state index in [1.165, 1.54) is 5.56 Å². The minimum atomic E-state index is 0.399. The third-order valence-electron chi connectivity index (χ3n) is 2.92. The fourth-order valence-corrected chi connectivity index (χ4v) is 2.25. The van der Waals surface area contributed by atoms with E-state index in [1.807, 2.05) is 12.1 Å². The average molecular weight is 355 g/mol. The summed E-state index contributed by atoms with van der Waals surface area (Å²) in [6.07, 6.45) is 0.918. The number of rotatable bonds is 8. The Morgan fingerprint density at radius 2 is 2.19 bits per heavy atom. The van der Waals surface area contributed by atoms with Gasteiger partial charge in [-0.15, -0.1) is 5.10 Å². The lowest BCUT2D eigenvalue weighted by molar-refractivity contribution is 0.198. The van der Waals surface area contributed by atoms with E-state index < -0.39 is 0 Å². The van der Waals surface area contributed by atoms with Gasteiger partial charge in [0.15, 0.2) is 0 Å².